The first-order valence-corrected chi connectivity index (χ1v) is 9.17. The first-order valence-electron chi connectivity index (χ1n) is 9.17. The van der Waals surface area contributed by atoms with E-state index in [4.69, 9.17) is 9.15 Å². The van der Waals surface area contributed by atoms with Gasteiger partial charge in [-0.3, -0.25) is 14.4 Å². The maximum absolute atomic E-state index is 12.2. The van der Waals surface area contributed by atoms with Crippen molar-refractivity contribution in [2.75, 3.05) is 14.2 Å². The van der Waals surface area contributed by atoms with Crippen LogP contribution in [0.4, 0.5) is 0 Å². The van der Waals surface area contributed by atoms with Gasteiger partial charge < -0.3 is 13.9 Å². The van der Waals surface area contributed by atoms with E-state index in [1.807, 2.05) is 0 Å². The Labute approximate surface area is 152 Å². The summed E-state index contributed by atoms with van der Waals surface area (Å²) in [5.74, 6) is 0.732. The van der Waals surface area contributed by atoms with E-state index in [1.165, 1.54) is 14.2 Å². The zero-order valence-electron chi connectivity index (χ0n) is 15.3. The Kier molecular flexibility index (Phi) is 5.74. The molecule has 0 radical (unpaired) electrons. The molecule has 1 aromatic rings. The summed E-state index contributed by atoms with van der Waals surface area (Å²) in [5, 5.41) is 0. The Morgan fingerprint density at radius 3 is 2.42 bits per heavy atom. The third kappa shape index (κ3) is 3.97. The van der Waals surface area contributed by atoms with Crippen molar-refractivity contribution in [3.8, 4) is 0 Å². The number of aryl methyl sites for hydroxylation is 1. The van der Waals surface area contributed by atoms with Crippen LogP contribution in [-0.4, -0.2) is 36.9 Å². The van der Waals surface area contributed by atoms with Gasteiger partial charge in [0.05, 0.1) is 25.8 Å². The largest absolute Gasteiger partial charge is 0.469 e. The molecule has 0 aliphatic heterocycles. The monoisotopic (exact) mass is 363 g/mol. The van der Waals surface area contributed by atoms with Gasteiger partial charge in [0.2, 0.25) is 0 Å². The molecular weight excluding hydrogens is 338 g/mol. The van der Waals surface area contributed by atoms with Crippen LogP contribution < -0.4 is 0 Å². The van der Waals surface area contributed by atoms with Gasteiger partial charge in [0.15, 0.2) is 5.89 Å². The summed E-state index contributed by atoms with van der Waals surface area (Å²) >= 11 is 0. The van der Waals surface area contributed by atoms with Crippen molar-refractivity contribution in [2.24, 2.45) is 11.8 Å². The number of fused-ring (bicyclic) bond motifs is 1. The van der Waals surface area contributed by atoms with E-state index in [9.17, 15) is 14.4 Å². The third-order valence-corrected chi connectivity index (χ3v) is 5.57. The average molecular weight is 363 g/mol. The van der Waals surface area contributed by atoms with E-state index in [-0.39, 0.29) is 35.9 Å². The van der Waals surface area contributed by atoms with Crippen molar-refractivity contribution in [3.05, 3.63) is 17.3 Å². The van der Waals surface area contributed by atoms with Gasteiger partial charge >= 0.3 is 11.9 Å². The SMILES string of the molecule is COC(=O)CC(=O)C1CCc2nc(C3CCC(C(=O)OC)CC3)oc2C1. The number of Topliss-reactive ketones (excluding diaryl/α,β-unsaturated/α-hetero) is 1. The highest BCUT2D eigenvalue weighted by Gasteiger charge is 2.33. The van der Waals surface area contributed by atoms with Crippen molar-refractivity contribution in [2.45, 2.75) is 57.3 Å². The lowest BCUT2D eigenvalue weighted by molar-refractivity contribution is -0.147. The molecule has 2 aliphatic carbocycles. The molecular formula is C19H25NO6. The molecule has 0 N–H and O–H groups in total. The molecule has 0 bridgehead atoms. The quantitative estimate of drug-likeness (QED) is 0.585. The minimum atomic E-state index is -0.499. The molecule has 0 saturated heterocycles. The van der Waals surface area contributed by atoms with E-state index >= 15 is 0 Å². The van der Waals surface area contributed by atoms with E-state index in [0.717, 1.165) is 43.0 Å². The molecule has 0 aromatic carbocycles. The minimum absolute atomic E-state index is 0.0267. The molecule has 1 fully saturated rings. The number of ketones is 1. The fraction of sp³-hybridized carbons (Fsp3) is 0.684. The van der Waals surface area contributed by atoms with Crippen molar-refractivity contribution in [1.82, 2.24) is 4.98 Å². The van der Waals surface area contributed by atoms with E-state index in [0.29, 0.717) is 19.3 Å². The zero-order chi connectivity index (χ0) is 18.7. The second kappa shape index (κ2) is 8.01. The normalized spacial score (nSPS) is 25.2. The maximum Gasteiger partial charge on any atom is 0.313 e. The number of ether oxygens (including phenoxy) is 2. The predicted molar refractivity (Wildman–Crippen MR) is 90.4 cm³/mol. The summed E-state index contributed by atoms with van der Waals surface area (Å²) < 4.78 is 15.4. The van der Waals surface area contributed by atoms with E-state index in [1.54, 1.807) is 0 Å². The van der Waals surface area contributed by atoms with E-state index < -0.39 is 5.97 Å². The van der Waals surface area contributed by atoms with Gasteiger partial charge in [-0.2, -0.15) is 0 Å². The van der Waals surface area contributed by atoms with Crippen LogP contribution in [0.1, 0.15) is 61.8 Å². The number of methoxy groups -OCH3 is 2. The molecule has 1 aromatic heterocycles. The molecule has 142 valence electrons. The fourth-order valence-electron chi connectivity index (χ4n) is 3.95. The van der Waals surface area contributed by atoms with Crippen molar-refractivity contribution in [3.63, 3.8) is 0 Å². The van der Waals surface area contributed by atoms with Crippen LogP contribution in [0.15, 0.2) is 4.42 Å². The highest BCUT2D eigenvalue weighted by atomic mass is 16.5. The van der Waals surface area contributed by atoms with Gasteiger partial charge in [0.1, 0.15) is 18.0 Å². The second-order valence-electron chi connectivity index (χ2n) is 7.15. The molecule has 1 heterocycles. The van der Waals surface area contributed by atoms with Gasteiger partial charge in [-0.05, 0) is 38.5 Å². The number of aromatic nitrogens is 1. The molecule has 1 saturated carbocycles. The Bertz CT molecular complexity index is 686. The minimum Gasteiger partial charge on any atom is -0.469 e. The first kappa shape index (κ1) is 18.6. The Morgan fingerprint density at radius 1 is 1.04 bits per heavy atom. The number of nitrogens with zero attached hydrogens (tertiary/aromatic N) is 1. The van der Waals surface area contributed by atoms with Gasteiger partial charge in [-0.15, -0.1) is 0 Å². The number of carbonyl (C=O) groups excluding carboxylic acids is 3. The van der Waals surface area contributed by atoms with Crippen LogP contribution in [0.25, 0.3) is 0 Å². The lowest BCUT2D eigenvalue weighted by Gasteiger charge is -2.24. The molecule has 1 atom stereocenters. The molecule has 7 nitrogen and oxygen atoms in total. The summed E-state index contributed by atoms with van der Waals surface area (Å²) in [4.78, 5) is 39.8. The summed E-state index contributed by atoms with van der Waals surface area (Å²) in [6.45, 7) is 0. The number of rotatable bonds is 5. The lowest BCUT2D eigenvalue weighted by atomic mass is 9.82. The van der Waals surface area contributed by atoms with Crippen LogP contribution in [0.2, 0.25) is 0 Å². The van der Waals surface area contributed by atoms with E-state index in [2.05, 4.69) is 9.72 Å². The van der Waals surface area contributed by atoms with Crippen molar-refractivity contribution < 1.29 is 28.3 Å². The Morgan fingerprint density at radius 2 is 1.77 bits per heavy atom. The summed E-state index contributed by atoms with van der Waals surface area (Å²) in [7, 11) is 2.71. The van der Waals surface area contributed by atoms with Crippen LogP contribution in [0, 0.1) is 11.8 Å². The number of esters is 2. The van der Waals surface area contributed by atoms with Gasteiger partial charge in [-0.25, -0.2) is 4.98 Å². The van der Waals surface area contributed by atoms with Crippen LogP contribution in [0.5, 0.6) is 0 Å². The van der Waals surface area contributed by atoms with Crippen molar-refractivity contribution in [1.29, 1.82) is 0 Å². The molecule has 1 unspecified atom stereocenters. The smallest absolute Gasteiger partial charge is 0.313 e. The summed E-state index contributed by atoms with van der Waals surface area (Å²) in [6, 6.07) is 0. The first-order chi connectivity index (χ1) is 12.5. The zero-order valence-corrected chi connectivity index (χ0v) is 15.3. The second-order valence-corrected chi connectivity index (χ2v) is 7.15. The predicted octanol–water partition coefficient (Wildman–Crippen LogP) is 2.36. The average Bonchev–Trinajstić information content (AvgIpc) is 3.10. The summed E-state index contributed by atoms with van der Waals surface area (Å²) in [5.41, 5.74) is 0.928. The topological polar surface area (TPSA) is 95.7 Å². The van der Waals surface area contributed by atoms with Crippen LogP contribution in [-0.2, 0) is 36.7 Å². The third-order valence-electron chi connectivity index (χ3n) is 5.57. The molecule has 3 rings (SSSR count). The number of hydrogen-bond acceptors (Lipinski definition) is 7. The van der Waals surface area contributed by atoms with Crippen molar-refractivity contribution >= 4 is 17.7 Å². The van der Waals surface area contributed by atoms with Crippen LogP contribution >= 0.6 is 0 Å². The molecule has 0 amide bonds. The standard InChI is InChI=1S/C19H25NO6/c1-24-17(22)10-15(21)13-7-8-14-16(9-13)26-18(20-14)11-3-5-12(6-4-11)19(23)25-2/h11-13H,3-10H2,1-2H3. The van der Waals surface area contributed by atoms with Gasteiger partial charge in [-0.1, -0.05) is 0 Å². The lowest BCUT2D eigenvalue weighted by Crippen LogP contribution is -2.24. The highest BCUT2D eigenvalue weighted by Crippen LogP contribution is 2.38. The van der Waals surface area contributed by atoms with Gasteiger partial charge in [0, 0.05) is 18.3 Å². The maximum atomic E-state index is 12.2. The fourth-order valence-corrected chi connectivity index (χ4v) is 3.95. The number of hydrogen-bond donors (Lipinski definition) is 0. The molecule has 26 heavy (non-hydrogen) atoms. The number of oxazole rings is 1. The highest BCUT2D eigenvalue weighted by molar-refractivity contribution is 5.96. The van der Waals surface area contributed by atoms with Gasteiger partial charge in [0.25, 0.3) is 0 Å². The summed E-state index contributed by atoms with van der Waals surface area (Å²) in [6.07, 6.45) is 4.95. The Hall–Kier alpha value is -2.18. The molecule has 2 aliphatic rings. The van der Waals surface area contributed by atoms with Crippen LogP contribution in [0.3, 0.4) is 0 Å². The number of carbonyl (C=O) groups is 3. The molecule has 0 spiro atoms. The Balaban J connectivity index is 1.60. The molecule has 7 heteroatoms.